The molecule has 108 valence electrons. The van der Waals surface area contributed by atoms with Crippen LogP contribution in [-0.2, 0) is 17.6 Å². The molecule has 0 amide bonds. The third-order valence-corrected chi connectivity index (χ3v) is 3.04. The molecule has 5 nitrogen and oxygen atoms in total. The van der Waals surface area contributed by atoms with Crippen LogP contribution in [0.4, 0.5) is 0 Å². The van der Waals surface area contributed by atoms with E-state index in [-0.39, 0.29) is 12.2 Å². The second-order valence-corrected chi connectivity index (χ2v) is 5.19. The number of carbonyl (C=O) groups excluding carboxylic acids is 1. The zero-order valence-electron chi connectivity index (χ0n) is 12.5. The largest absolute Gasteiger partial charge is 0.339 e. The average Bonchev–Trinajstić information content (AvgIpc) is 2.77. The van der Waals surface area contributed by atoms with Gasteiger partial charge in [0, 0.05) is 19.4 Å². The lowest BCUT2D eigenvalue weighted by molar-refractivity contribution is -0.119. The molecule has 0 fully saturated rings. The van der Waals surface area contributed by atoms with Gasteiger partial charge in [-0.15, -0.1) is 0 Å². The van der Waals surface area contributed by atoms with E-state index in [0.29, 0.717) is 24.1 Å². The summed E-state index contributed by atoms with van der Waals surface area (Å²) in [4.78, 5) is 18.2. The molecular formula is C14H25N3O2. The van der Waals surface area contributed by atoms with E-state index < -0.39 is 0 Å². The molecule has 0 aliphatic heterocycles. The minimum atomic E-state index is 0.161. The summed E-state index contributed by atoms with van der Waals surface area (Å²) in [6.07, 6.45) is 1.59. The first-order chi connectivity index (χ1) is 9.05. The van der Waals surface area contributed by atoms with Crippen molar-refractivity contribution in [3.05, 3.63) is 11.7 Å². The molecule has 0 atom stereocenters. The Hall–Kier alpha value is -1.23. The van der Waals surface area contributed by atoms with Crippen LogP contribution < -0.4 is 0 Å². The van der Waals surface area contributed by atoms with Gasteiger partial charge < -0.3 is 9.42 Å². The first-order valence-corrected chi connectivity index (χ1v) is 7.10. The number of nitrogens with zero attached hydrogens (tertiary/aromatic N) is 3. The molecule has 0 spiro atoms. The van der Waals surface area contributed by atoms with Crippen LogP contribution in [-0.4, -0.2) is 40.5 Å². The van der Waals surface area contributed by atoms with Crippen LogP contribution in [0.3, 0.4) is 0 Å². The molecule has 0 N–H and O–H groups in total. The number of Topliss-reactive ketones (excluding diaryl/α,β-unsaturated/α-hetero) is 1. The van der Waals surface area contributed by atoms with E-state index in [0.717, 1.165) is 26.1 Å². The van der Waals surface area contributed by atoms with Crippen LogP contribution in [0, 0.1) is 5.92 Å². The Kier molecular flexibility index (Phi) is 6.70. The fourth-order valence-electron chi connectivity index (χ4n) is 1.96. The molecule has 19 heavy (non-hydrogen) atoms. The van der Waals surface area contributed by atoms with Gasteiger partial charge in [-0.25, -0.2) is 0 Å². The highest BCUT2D eigenvalue weighted by atomic mass is 16.5. The third-order valence-electron chi connectivity index (χ3n) is 3.04. The van der Waals surface area contributed by atoms with Crippen LogP contribution in [0.15, 0.2) is 4.52 Å². The van der Waals surface area contributed by atoms with E-state index in [1.165, 1.54) is 0 Å². The molecule has 0 aliphatic carbocycles. The lowest BCUT2D eigenvalue weighted by atomic mass is 10.1. The minimum Gasteiger partial charge on any atom is -0.339 e. The summed E-state index contributed by atoms with van der Waals surface area (Å²) >= 11 is 0. The number of ketones is 1. The maximum atomic E-state index is 11.7. The summed E-state index contributed by atoms with van der Waals surface area (Å²) in [5.74, 6) is 1.67. The van der Waals surface area contributed by atoms with Crippen molar-refractivity contribution in [3.8, 4) is 0 Å². The van der Waals surface area contributed by atoms with Crippen LogP contribution >= 0.6 is 0 Å². The molecule has 5 heteroatoms. The summed E-state index contributed by atoms with van der Waals surface area (Å²) in [5.41, 5.74) is 0. The zero-order chi connectivity index (χ0) is 14.3. The van der Waals surface area contributed by atoms with Crippen molar-refractivity contribution < 1.29 is 9.32 Å². The predicted molar refractivity (Wildman–Crippen MR) is 74.0 cm³/mol. The molecule has 0 saturated carbocycles. The van der Waals surface area contributed by atoms with Crippen LogP contribution in [0.1, 0.15) is 45.8 Å². The van der Waals surface area contributed by atoms with Crippen molar-refractivity contribution >= 4 is 5.78 Å². The smallest absolute Gasteiger partial charge is 0.234 e. The van der Waals surface area contributed by atoms with Crippen LogP contribution in [0.2, 0.25) is 0 Å². The Morgan fingerprint density at radius 2 is 2.00 bits per heavy atom. The Bertz CT molecular complexity index is 384. The van der Waals surface area contributed by atoms with Crippen molar-refractivity contribution in [3.63, 3.8) is 0 Å². The van der Waals surface area contributed by atoms with Gasteiger partial charge in [0.15, 0.2) is 5.82 Å². The minimum absolute atomic E-state index is 0.161. The first-order valence-electron chi connectivity index (χ1n) is 7.10. The fraction of sp³-hybridized carbons (Fsp3) is 0.786. The summed E-state index contributed by atoms with van der Waals surface area (Å²) in [5, 5.41) is 3.92. The Morgan fingerprint density at radius 3 is 2.58 bits per heavy atom. The quantitative estimate of drug-likeness (QED) is 0.686. The number of rotatable bonds is 9. The highest BCUT2D eigenvalue weighted by Gasteiger charge is 2.13. The topological polar surface area (TPSA) is 59.2 Å². The molecule has 1 rings (SSSR count). The molecule has 1 aromatic heterocycles. The SMILES string of the molecule is CCN(CC)CCc1noc(CC(=O)CC(C)C)n1. The second-order valence-electron chi connectivity index (χ2n) is 5.19. The Labute approximate surface area is 115 Å². The molecule has 0 aromatic carbocycles. The summed E-state index contributed by atoms with van der Waals surface area (Å²) in [7, 11) is 0. The molecule has 0 saturated heterocycles. The Balaban J connectivity index is 2.41. The van der Waals surface area contributed by atoms with E-state index in [9.17, 15) is 4.79 Å². The van der Waals surface area contributed by atoms with E-state index in [1.54, 1.807) is 0 Å². The average molecular weight is 267 g/mol. The second kappa shape index (κ2) is 8.04. The molecule has 1 aromatic rings. The van der Waals surface area contributed by atoms with E-state index in [2.05, 4.69) is 28.9 Å². The number of aromatic nitrogens is 2. The Morgan fingerprint density at radius 1 is 1.32 bits per heavy atom. The molecule has 0 radical (unpaired) electrons. The monoisotopic (exact) mass is 267 g/mol. The summed E-state index contributed by atoms with van der Waals surface area (Å²) in [6.45, 7) is 11.3. The molecule has 0 unspecified atom stereocenters. The number of hydrogen-bond acceptors (Lipinski definition) is 5. The maximum Gasteiger partial charge on any atom is 0.234 e. The molecule has 1 heterocycles. The van der Waals surface area contributed by atoms with Gasteiger partial charge in [-0.05, 0) is 19.0 Å². The van der Waals surface area contributed by atoms with Gasteiger partial charge in [-0.1, -0.05) is 32.9 Å². The van der Waals surface area contributed by atoms with E-state index in [4.69, 9.17) is 4.52 Å². The van der Waals surface area contributed by atoms with Crippen molar-refractivity contribution in [2.75, 3.05) is 19.6 Å². The standard InChI is InChI=1S/C14H25N3O2/c1-5-17(6-2)8-7-13-15-14(19-16-13)10-12(18)9-11(3)4/h11H,5-10H2,1-4H3. The number of likely N-dealkylation sites (N-methyl/N-ethyl adjacent to an activating group) is 1. The van der Waals surface area contributed by atoms with Gasteiger partial charge >= 0.3 is 0 Å². The molecule has 0 bridgehead atoms. The third kappa shape index (κ3) is 5.96. The lowest BCUT2D eigenvalue weighted by Gasteiger charge is -2.16. The van der Waals surface area contributed by atoms with Gasteiger partial charge in [0.1, 0.15) is 5.78 Å². The van der Waals surface area contributed by atoms with Crippen molar-refractivity contribution in [1.82, 2.24) is 15.0 Å². The number of carbonyl (C=O) groups is 1. The van der Waals surface area contributed by atoms with Crippen molar-refractivity contribution in [2.24, 2.45) is 5.92 Å². The van der Waals surface area contributed by atoms with Gasteiger partial charge in [0.25, 0.3) is 0 Å². The lowest BCUT2D eigenvalue weighted by Crippen LogP contribution is -2.25. The van der Waals surface area contributed by atoms with Crippen molar-refractivity contribution in [1.29, 1.82) is 0 Å². The fourth-order valence-corrected chi connectivity index (χ4v) is 1.96. The van der Waals surface area contributed by atoms with E-state index >= 15 is 0 Å². The predicted octanol–water partition coefficient (Wildman–Crippen LogP) is 2.11. The van der Waals surface area contributed by atoms with Gasteiger partial charge in [-0.3, -0.25) is 4.79 Å². The van der Waals surface area contributed by atoms with Crippen LogP contribution in [0.5, 0.6) is 0 Å². The highest BCUT2D eigenvalue weighted by molar-refractivity contribution is 5.80. The van der Waals surface area contributed by atoms with Gasteiger partial charge in [-0.2, -0.15) is 4.98 Å². The van der Waals surface area contributed by atoms with Gasteiger partial charge in [0.2, 0.25) is 5.89 Å². The van der Waals surface area contributed by atoms with Crippen molar-refractivity contribution in [2.45, 2.75) is 47.0 Å². The number of hydrogen-bond donors (Lipinski definition) is 0. The first kappa shape index (κ1) is 15.8. The van der Waals surface area contributed by atoms with E-state index in [1.807, 2.05) is 13.8 Å². The zero-order valence-corrected chi connectivity index (χ0v) is 12.5. The highest BCUT2D eigenvalue weighted by Crippen LogP contribution is 2.06. The summed E-state index contributed by atoms with van der Waals surface area (Å²) in [6, 6.07) is 0. The maximum absolute atomic E-state index is 11.7. The van der Waals surface area contributed by atoms with Gasteiger partial charge in [0.05, 0.1) is 6.42 Å². The molecule has 0 aliphatic rings. The summed E-state index contributed by atoms with van der Waals surface area (Å²) < 4.78 is 5.12. The normalized spacial score (nSPS) is 11.5. The van der Waals surface area contributed by atoms with Crippen LogP contribution in [0.25, 0.3) is 0 Å². The molecular weight excluding hydrogens is 242 g/mol.